The Balaban J connectivity index is 1.91. The number of rotatable bonds is 5. The van der Waals surface area contributed by atoms with Gasteiger partial charge in [-0.1, -0.05) is 0 Å². The maximum absolute atomic E-state index is 14.0. The van der Waals surface area contributed by atoms with Gasteiger partial charge in [0.25, 0.3) is 0 Å². The lowest BCUT2D eigenvalue weighted by atomic mass is 9.92. The normalized spacial score (nSPS) is 19.7. The minimum Gasteiger partial charge on any atom is -0.485 e. The maximum atomic E-state index is 14.0. The molecule has 172 valence electrons. The number of benzene rings is 1. The quantitative estimate of drug-likeness (QED) is 0.352. The first-order valence-electron chi connectivity index (χ1n) is 10.9. The fourth-order valence-electron chi connectivity index (χ4n) is 3.79. The van der Waals surface area contributed by atoms with Crippen LogP contribution in [0.4, 0.5) is 10.2 Å². The fourth-order valence-corrected chi connectivity index (χ4v) is 3.79. The van der Waals surface area contributed by atoms with E-state index in [1.165, 1.54) is 25.0 Å². The molecule has 0 saturated heterocycles. The highest BCUT2D eigenvalue weighted by atomic mass is 19.1. The molecule has 2 bridgehead atoms. The van der Waals surface area contributed by atoms with Gasteiger partial charge in [0.15, 0.2) is 11.6 Å². The first kappa shape index (κ1) is 22.4. The Labute approximate surface area is 192 Å². The van der Waals surface area contributed by atoms with Gasteiger partial charge in [0, 0.05) is 59.9 Å². The molecule has 0 spiro atoms. The van der Waals surface area contributed by atoms with Gasteiger partial charge in [-0.25, -0.2) is 9.37 Å². The summed E-state index contributed by atoms with van der Waals surface area (Å²) in [6.07, 6.45) is 4.25. The summed E-state index contributed by atoms with van der Waals surface area (Å²) in [6, 6.07) is 6.01. The summed E-state index contributed by atoms with van der Waals surface area (Å²) in [5, 5.41) is 25.2. The summed E-state index contributed by atoms with van der Waals surface area (Å²) >= 11 is 0. The second kappa shape index (κ2) is 9.40. The monoisotopic (exact) mass is 449 g/mol. The molecule has 1 aliphatic carbocycles. The van der Waals surface area contributed by atoms with E-state index < -0.39 is 5.82 Å². The first-order chi connectivity index (χ1) is 15.9. The van der Waals surface area contributed by atoms with E-state index in [9.17, 15) is 4.39 Å². The van der Waals surface area contributed by atoms with E-state index in [1.54, 1.807) is 32.3 Å². The minimum atomic E-state index is -0.424. The number of halogens is 1. The minimum absolute atomic E-state index is 0.0165. The van der Waals surface area contributed by atoms with Crippen LogP contribution in [0.15, 0.2) is 41.1 Å². The largest absolute Gasteiger partial charge is 0.485 e. The molecular formula is C24H28FN7O. The molecule has 33 heavy (non-hydrogen) atoms. The Kier molecular flexibility index (Phi) is 6.39. The van der Waals surface area contributed by atoms with Gasteiger partial charge in [-0.3, -0.25) is 5.41 Å². The molecule has 1 aromatic carbocycles. The van der Waals surface area contributed by atoms with Crippen molar-refractivity contribution >= 4 is 28.6 Å². The van der Waals surface area contributed by atoms with Gasteiger partial charge < -0.3 is 26.6 Å². The van der Waals surface area contributed by atoms with Crippen LogP contribution in [0.3, 0.4) is 0 Å². The molecule has 6 N–H and O–H groups in total. The van der Waals surface area contributed by atoms with Gasteiger partial charge >= 0.3 is 0 Å². The highest BCUT2D eigenvalue weighted by molar-refractivity contribution is 6.48. The lowest BCUT2D eigenvalue weighted by molar-refractivity contribution is 0.306. The van der Waals surface area contributed by atoms with Crippen LogP contribution in [0.25, 0.3) is 5.70 Å². The molecule has 2 heterocycles. The van der Waals surface area contributed by atoms with Gasteiger partial charge in [-0.15, -0.1) is 0 Å². The van der Waals surface area contributed by atoms with Crippen molar-refractivity contribution in [1.29, 1.82) is 10.8 Å². The van der Waals surface area contributed by atoms with E-state index in [2.05, 4.69) is 20.8 Å². The van der Waals surface area contributed by atoms with Crippen LogP contribution in [0, 0.1) is 22.6 Å². The van der Waals surface area contributed by atoms with Crippen LogP contribution in [-0.4, -0.2) is 35.7 Å². The van der Waals surface area contributed by atoms with Crippen molar-refractivity contribution in [3.8, 4) is 5.75 Å². The molecule has 4 rings (SSSR count). The molecular weight excluding hydrogens is 421 g/mol. The van der Waals surface area contributed by atoms with Gasteiger partial charge in [0.1, 0.15) is 12.4 Å². The predicted octanol–water partition coefficient (Wildman–Crippen LogP) is 3.48. The van der Waals surface area contributed by atoms with Crippen molar-refractivity contribution < 1.29 is 9.13 Å². The van der Waals surface area contributed by atoms with Crippen LogP contribution in [0.2, 0.25) is 0 Å². The van der Waals surface area contributed by atoms with Crippen molar-refractivity contribution in [2.45, 2.75) is 32.8 Å². The van der Waals surface area contributed by atoms with Gasteiger partial charge in [0.05, 0.1) is 11.4 Å². The number of nitrogens with two attached hydrogens (primary N) is 1. The molecule has 0 radical (unpaired) electrons. The Bertz CT molecular complexity index is 1170. The molecule has 1 aromatic heterocycles. The van der Waals surface area contributed by atoms with Gasteiger partial charge in [-0.2, -0.15) is 5.10 Å². The zero-order valence-electron chi connectivity index (χ0n) is 18.8. The van der Waals surface area contributed by atoms with Crippen LogP contribution in [0.1, 0.15) is 42.9 Å². The van der Waals surface area contributed by atoms with E-state index in [1.807, 2.05) is 0 Å². The number of fused-ring (bicyclic) bond motifs is 3. The van der Waals surface area contributed by atoms with Gasteiger partial charge in [0.2, 0.25) is 0 Å². The number of nitrogens with zero attached hydrogens (tertiary/aromatic N) is 2. The number of ether oxygens (including phenoxy) is 1. The molecule has 2 aromatic rings. The predicted molar refractivity (Wildman–Crippen MR) is 128 cm³/mol. The highest BCUT2D eigenvalue weighted by Crippen LogP contribution is 2.32. The van der Waals surface area contributed by atoms with Crippen molar-refractivity contribution in [2.24, 2.45) is 11.0 Å². The number of pyridine rings is 1. The van der Waals surface area contributed by atoms with Crippen LogP contribution in [0.5, 0.6) is 5.75 Å². The number of anilines is 1. The molecule has 0 amide bonds. The number of nitrogen functional groups attached to an aromatic ring is 1. The SMILES string of the molecule is CN/N=C1/C/C(C(C)=N)=C(/NCC2CC2)c2cnc(N)c(c2)OCc2cc(F)ccc2C1=N. The average Bonchev–Trinajstić information content (AvgIpc) is 3.61. The van der Waals surface area contributed by atoms with E-state index in [0.29, 0.717) is 39.8 Å². The number of allylic oxidation sites excluding steroid dienone is 1. The standard InChI is InChI=1S/C24H28FN7O/c1-13(26)19-9-20(32-29-2)22(27)18-6-5-17(25)7-16(18)12-33-21-8-15(11-31-24(21)28)23(19)30-10-14-3-4-14/h5-8,11,14,26-27,29-30H,3-4,9-10,12H2,1-2H3,(H2,28,31)/b23-19-,26-13?,27-22?,32-20-. The summed E-state index contributed by atoms with van der Waals surface area (Å²) in [4.78, 5) is 4.31. The molecule has 1 fully saturated rings. The van der Waals surface area contributed by atoms with Crippen LogP contribution >= 0.6 is 0 Å². The third kappa shape index (κ3) is 5.02. The van der Waals surface area contributed by atoms with Crippen molar-refractivity contribution in [1.82, 2.24) is 15.7 Å². The van der Waals surface area contributed by atoms with Crippen LogP contribution < -0.4 is 21.2 Å². The zero-order chi connectivity index (χ0) is 23.5. The lowest BCUT2D eigenvalue weighted by Crippen LogP contribution is -2.25. The van der Waals surface area contributed by atoms with Crippen molar-refractivity contribution in [3.05, 3.63) is 58.5 Å². The highest BCUT2D eigenvalue weighted by Gasteiger charge is 2.25. The number of aromatic nitrogens is 1. The van der Waals surface area contributed by atoms with Crippen molar-refractivity contribution in [3.63, 3.8) is 0 Å². The molecule has 0 atom stereocenters. The number of nitrogens with one attached hydrogen (secondary N) is 4. The van der Waals surface area contributed by atoms with E-state index in [0.717, 1.165) is 17.8 Å². The maximum Gasteiger partial charge on any atom is 0.166 e. The number of hydrogen-bond donors (Lipinski definition) is 5. The Morgan fingerprint density at radius 2 is 2.12 bits per heavy atom. The Morgan fingerprint density at radius 1 is 1.33 bits per heavy atom. The molecule has 9 heteroatoms. The van der Waals surface area contributed by atoms with E-state index in [4.69, 9.17) is 21.3 Å². The molecule has 2 aliphatic rings. The summed E-state index contributed by atoms with van der Waals surface area (Å²) in [5.74, 6) is 0.767. The average molecular weight is 450 g/mol. The number of hydrogen-bond acceptors (Lipinski definition) is 8. The third-order valence-electron chi connectivity index (χ3n) is 5.79. The summed E-state index contributed by atoms with van der Waals surface area (Å²) in [7, 11) is 1.66. The molecule has 1 aliphatic heterocycles. The summed E-state index contributed by atoms with van der Waals surface area (Å²) in [5.41, 5.74) is 12.9. The lowest BCUT2D eigenvalue weighted by Gasteiger charge is -2.21. The summed E-state index contributed by atoms with van der Waals surface area (Å²) < 4.78 is 20.0. The second-order valence-electron chi connectivity index (χ2n) is 8.33. The first-order valence-corrected chi connectivity index (χ1v) is 10.9. The van der Waals surface area contributed by atoms with Crippen LogP contribution in [-0.2, 0) is 6.61 Å². The Morgan fingerprint density at radius 3 is 2.82 bits per heavy atom. The van der Waals surface area contributed by atoms with E-state index >= 15 is 0 Å². The molecule has 0 unspecified atom stereocenters. The number of hydrazone groups is 1. The van der Waals surface area contributed by atoms with E-state index in [-0.39, 0.29) is 24.6 Å². The van der Waals surface area contributed by atoms with Crippen molar-refractivity contribution in [2.75, 3.05) is 19.3 Å². The zero-order valence-corrected chi connectivity index (χ0v) is 18.8. The second-order valence-corrected chi connectivity index (χ2v) is 8.33. The third-order valence-corrected chi connectivity index (χ3v) is 5.79. The van der Waals surface area contributed by atoms with Gasteiger partial charge in [-0.05, 0) is 49.9 Å². The topological polar surface area (TPSA) is 132 Å². The molecule has 8 nitrogen and oxygen atoms in total. The fraction of sp³-hybridized carbons (Fsp3) is 0.333. The molecule has 1 saturated carbocycles. The Hall–Kier alpha value is -3.75. The summed E-state index contributed by atoms with van der Waals surface area (Å²) in [6.45, 7) is 2.51. The smallest absolute Gasteiger partial charge is 0.166 e.